The monoisotopic (exact) mass is 127 g/mol. The highest BCUT2D eigenvalue weighted by Gasteiger charge is 1.67. The molecule has 0 aromatic carbocycles. The molecule has 0 aliphatic heterocycles. The lowest BCUT2D eigenvalue weighted by Crippen LogP contribution is -2.21. The highest BCUT2D eigenvalue weighted by molar-refractivity contribution is 5.76. The third-order valence-corrected chi connectivity index (χ3v) is 0.179. The van der Waals surface area contributed by atoms with Crippen LogP contribution < -0.4 is 11.5 Å². The van der Waals surface area contributed by atoms with Gasteiger partial charge in [0.15, 0.2) is 0 Å². The molecule has 6 nitrogen and oxygen atoms in total. The van der Waals surface area contributed by atoms with Crippen molar-refractivity contribution in [1.82, 2.24) is 0 Å². The van der Waals surface area contributed by atoms with E-state index in [1.807, 2.05) is 0 Å². The largest absolute Gasteiger partial charge is 0.369 e. The molecule has 48 valence electrons. The van der Waals surface area contributed by atoms with Gasteiger partial charge in [-0.1, -0.05) is 0 Å². The zero-order valence-corrected chi connectivity index (χ0v) is 4.46. The van der Waals surface area contributed by atoms with E-state index in [1.165, 1.54) is 6.19 Å². The minimum Gasteiger partial charge on any atom is -0.369 e. The molecule has 0 unspecified atom stereocenters. The van der Waals surface area contributed by atoms with Crippen LogP contribution >= 0.6 is 0 Å². The van der Waals surface area contributed by atoms with Crippen LogP contribution in [0.1, 0.15) is 0 Å². The third kappa shape index (κ3) is 81.0. The van der Waals surface area contributed by atoms with Gasteiger partial charge in [0, 0.05) is 0 Å². The molecular formula is C3H5N5O. The second-order valence-corrected chi connectivity index (χ2v) is 0.739. The fraction of sp³-hybridized carbons (Fsp3) is 0. The van der Waals surface area contributed by atoms with Crippen LogP contribution in [0.25, 0.3) is 0 Å². The number of carbonyl (C=O) groups excluding carboxylic acids is 1. The first kappa shape index (κ1) is 10.2. The van der Waals surface area contributed by atoms with Gasteiger partial charge in [-0.3, -0.25) is 0 Å². The van der Waals surface area contributed by atoms with Crippen LogP contribution in [0.5, 0.6) is 0 Å². The molecule has 0 heterocycles. The molecule has 0 aliphatic rings. The Morgan fingerprint density at radius 1 is 1.67 bits per heavy atom. The molecule has 0 bridgehead atoms. The lowest BCUT2D eigenvalue weighted by molar-refractivity contribution is 0.563. The Bertz CT molecular complexity index is 156. The standard InChI is InChI=1S/C2H4N4.CHNO/c3-1-6-2(4)5;2-1-3/h(H4,4,5,6);2H. The number of nitrogens with zero attached hydrogens (tertiary/aromatic N) is 2. The average Bonchev–Trinajstić information content (AvgIpc) is 1.67. The number of isocyanates is 1. The van der Waals surface area contributed by atoms with Crippen molar-refractivity contribution in [2.75, 3.05) is 0 Å². The molecule has 0 saturated carbocycles. The summed E-state index contributed by atoms with van der Waals surface area (Å²) in [6.45, 7) is 0. The summed E-state index contributed by atoms with van der Waals surface area (Å²) < 4.78 is 0. The zero-order chi connectivity index (χ0) is 7.70. The number of nitriles is 1. The van der Waals surface area contributed by atoms with E-state index >= 15 is 0 Å². The molecule has 0 spiro atoms. The number of hydrogen-bond donors (Lipinski definition) is 3. The van der Waals surface area contributed by atoms with Crippen LogP contribution in [0.2, 0.25) is 0 Å². The molecule has 0 aliphatic carbocycles. The van der Waals surface area contributed by atoms with Crippen molar-refractivity contribution in [3.8, 4) is 6.19 Å². The Labute approximate surface area is 51.3 Å². The topological polar surface area (TPSA) is 129 Å². The van der Waals surface area contributed by atoms with Gasteiger partial charge in [-0.05, 0) is 0 Å². The maximum absolute atomic E-state index is 8.35. The summed E-state index contributed by atoms with van der Waals surface area (Å²) in [6, 6.07) is 0. The van der Waals surface area contributed by atoms with Crippen molar-refractivity contribution in [1.29, 1.82) is 10.7 Å². The fourth-order valence-corrected chi connectivity index (χ4v) is 0.0577. The van der Waals surface area contributed by atoms with Crippen molar-refractivity contribution in [3.63, 3.8) is 0 Å². The van der Waals surface area contributed by atoms with Crippen LogP contribution in [-0.4, -0.2) is 12.0 Å². The van der Waals surface area contributed by atoms with Crippen molar-refractivity contribution in [2.24, 2.45) is 16.5 Å². The van der Waals surface area contributed by atoms with Crippen LogP contribution in [0.3, 0.4) is 0 Å². The van der Waals surface area contributed by atoms with Crippen molar-refractivity contribution >= 4 is 12.0 Å². The quantitative estimate of drug-likeness (QED) is 0.160. The number of aliphatic imine (C=N–C) groups is 1. The molecule has 0 aromatic heterocycles. The van der Waals surface area contributed by atoms with E-state index in [9.17, 15) is 0 Å². The summed E-state index contributed by atoms with van der Waals surface area (Å²) in [7, 11) is 0. The number of guanidine groups is 1. The van der Waals surface area contributed by atoms with Crippen molar-refractivity contribution in [2.45, 2.75) is 0 Å². The van der Waals surface area contributed by atoms with E-state index in [2.05, 4.69) is 4.99 Å². The van der Waals surface area contributed by atoms with Crippen molar-refractivity contribution in [3.05, 3.63) is 0 Å². The number of hydrogen-bond acceptors (Lipinski definition) is 4. The van der Waals surface area contributed by atoms with E-state index in [0.29, 0.717) is 0 Å². The lowest BCUT2D eigenvalue weighted by Gasteiger charge is -1.74. The Balaban J connectivity index is 0. The molecule has 0 amide bonds. The Morgan fingerprint density at radius 3 is 2.00 bits per heavy atom. The third-order valence-electron chi connectivity index (χ3n) is 0.179. The summed E-state index contributed by atoms with van der Waals surface area (Å²) in [5.74, 6) is -0.197. The average molecular weight is 127 g/mol. The highest BCUT2D eigenvalue weighted by atomic mass is 16.1. The summed E-state index contributed by atoms with van der Waals surface area (Å²) in [6.07, 6.45) is 2.16. The predicted molar refractivity (Wildman–Crippen MR) is 29.8 cm³/mol. The van der Waals surface area contributed by atoms with Gasteiger partial charge in [-0.2, -0.15) is 5.26 Å². The van der Waals surface area contributed by atoms with Crippen LogP contribution in [0, 0.1) is 16.9 Å². The zero-order valence-electron chi connectivity index (χ0n) is 4.46. The van der Waals surface area contributed by atoms with E-state index in [-0.39, 0.29) is 5.96 Å². The van der Waals surface area contributed by atoms with Gasteiger partial charge in [-0.15, -0.1) is 4.99 Å². The van der Waals surface area contributed by atoms with Gasteiger partial charge in [0.25, 0.3) is 0 Å². The van der Waals surface area contributed by atoms with Crippen LogP contribution in [0.15, 0.2) is 4.99 Å². The smallest absolute Gasteiger partial charge is 0.231 e. The maximum Gasteiger partial charge on any atom is 0.231 e. The molecule has 0 radical (unpaired) electrons. The first-order valence-electron chi connectivity index (χ1n) is 1.70. The summed E-state index contributed by atoms with van der Waals surface area (Å²) in [4.78, 5) is 11.2. The normalized spacial score (nSPS) is 4.78. The molecule has 0 aromatic rings. The molecule has 6 heteroatoms. The second-order valence-electron chi connectivity index (χ2n) is 0.739. The SMILES string of the molecule is N#CN=C(N)N.N=C=O. The summed E-state index contributed by atoms with van der Waals surface area (Å²) in [5.41, 5.74) is 9.42. The highest BCUT2D eigenvalue weighted by Crippen LogP contribution is 1.49. The fourth-order valence-electron chi connectivity index (χ4n) is 0.0577. The molecule has 5 N–H and O–H groups in total. The lowest BCUT2D eigenvalue weighted by atomic mass is 11.1. The Kier molecular flexibility index (Phi) is 10.7. The maximum atomic E-state index is 8.35. The minimum atomic E-state index is -0.197. The molecule has 0 rings (SSSR count). The molecule has 0 saturated heterocycles. The van der Waals surface area contributed by atoms with E-state index < -0.39 is 0 Å². The van der Waals surface area contributed by atoms with Gasteiger partial charge in [0.1, 0.15) is 0 Å². The molecular weight excluding hydrogens is 122 g/mol. The van der Waals surface area contributed by atoms with Crippen molar-refractivity contribution < 1.29 is 4.79 Å². The molecule has 0 atom stereocenters. The van der Waals surface area contributed by atoms with Crippen LogP contribution in [0.4, 0.5) is 0 Å². The van der Waals surface area contributed by atoms with Gasteiger partial charge in [0.2, 0.25) is 18.2 Å². The van der Waals surface area contributed by atoms with Gasteiger partial charge >= 0.3 is 0 Å². The van der Waals surface area contributed by atoms with Gasteiger partial charge < -0.3 is 11.5 Å². The van der Waals surface area contributed by atoms with E-state index in [0.717, 1.165) is 6.08 Å². The Hall–Kier alpha value is -1.86. The summed E-state index contributed by atoms with van der Waals surface area (Å²) in [5, 5.41) is 13.0. The second kappa shape index (κ2) is 9.46. The molecule has 9 heavy (non-hydrogen) atoms. The molecule has 0 fully saturated rings. The summed E-state index contributed by atoms with van der Waals surface area (Å²) >= 11 is 0. The van der Waals surface area contributed by atoms with Gasteiger partial charge in [-0.25, -0.2) is 10.2 Å². The number of rotatable bonds is 0. The first-order chi connectivity index (χ1) is 4.18. The van der Waals surface area contributed by atoms with E-state index in [1.54, 1.807) is 0 Å². The first-order valence-corrected chi connectivity index (χ1v) is 1.70. The number of nitrogens with one attached hydrogen (secondary N) is 1. The minimum absolute atomic E-state index is 0.197. The van der Waals surface area contributed by atoms with Gasteiger partial charge in [0.05, 0.1) is 0 Å². The van der Waals surface area contributed by atoms with Crippen LogP contribution in [-0.2, 0) is 4.79 Å². The predicted octanol–water partition coefficient (Wildman–Crippen LogP) is -1.36. The number of nitrogens with two attached hydrogens (primary N) is 2. The Morgan fingerprint density at radius 2 is 2.00 bits per heavy atom. The van der Waals surface area contributed by atoms with E-state index in [4.69, 9.17) is 26.9 Å².